The number of hydrogen-bond donors (Lipinski definition) is 0. The minimum Gasteiger partial charge on any atom is -0.288 e. The molecule has 0 fully saturated rings. The smallest absolute Gasteiger partial charge is 0.202 e. The zero-order valence-corrected chi connectivity index (χ0v) is 9.54. The van der Waals surface area contributed by atoms with Crippen molar-refractivity contribution in [3.63, 3.8) is 0 Å². The summed E-state index contributed by atoms with van der Waals surface area (Å²) in [5.74, 6) is 0. The van der Waals surface area contributed by atoms with E-state index in [0.717, 1.165) is 4.70 Å². The molecule has 13 heavy (non-hydrogen) atoms. The van der Waals surface area contributed by atoms with Crippen molar-refractivity contribution in [2.45, 2.75) is 0 Å². The van der Waals surface area contributed by atoms with Crippen LogP contribution in [-0.4, -0.2) is 0 Å². The van der Waals surface area contributed by atoms with Gasteiger partial charge in [0.1, 0.15) is 0 Å². The summed E-state index contributed by atoms with van der Waals surface area (Å²) in [6, 6.07) is 5.34. The highest BCUT2D eigenvalue weighted by atomic mass is 79.9. The summed E-state index contributed by atoms with van der Waals surface area (Å²) < 4.78 is 1.55. The largest absolute Gasteiger partial charge is 0.288 e. The molecule has 2 rings (SSSR count). The van der Waals surface area contributed by atoms with E-state index in [-0.39, 0.29) is 5.43 Å². The van der Waals surface area contributed by atoms with Crippen LogP contribution in [0.25, 0.3) is 10.1 Å². The number of rotatable bonds is 0. The van der Waals surface area contributed by atoms with Crippen LogP contribution in [-0.2, 0) is 0 Å². The van der Waals surface area contributed by atoms with E-state index in [0.29, 0.717) is 14.9 Å². The highest BCUT2D eigenvalue weighted by Gasteiger charge is 2.02. The number of hydrogen-bond acceptors (Lipinski definition) is 2. The summed E-state index contributed by atoms with van der Waals surface area (Å²) in [4.78, 5) is 11.6. The van der Waals surface area contributed by atoms with Gasteiger partial charge in [-0.05, 0) is 34.1 Å². The number of fused-ring (bicyclic) bond motifs is 1. The van der Waals surface area contributed by atoms with Crippen molar-refractivity contribution in [3.8, 4) is 0 Å². The van der Waals surface area contributed by atoms with Crippen LogP contribution in [0.2, 0.25) is 5.02 Å². The third-order valence-corrected chi connectivity index (χ3v) is 3.78. The molecule has 1 nitrogen and oxygen atoms in total. The standard InChI is InChI=1S/C9H4BrClOS/c10-7-4-13-8-2-1-5(11)3-6(8)9(7)12/h1-4H. The SMILES string of the molecule is O=c1c(Br)csc2ccc(Cl)cc12. The molecule has 0 atom stereocenters. The number of benzene rings is 1. The lowest BCUT2D eigenvalue weighted by Gasteiger charge is -1.96. The van der Waals surface area contributed by atoms with Gasteiger partial charge < -0.3 is 0 Å². The zero-order valence-electron chi connectivity index (χ0n) is 6.38. The Kier molecular flexibility index (Phi) is 2.41. The summed E-state index contributed by atoms with van der Waals surface area (Å²) in [6.07, 6.45) is 0. The monoisotopic (exact) mass is 274 g/mol. The summed E-state index contributed by atoms with van der Waals surface area (Å²) >= 11 is 10.5. The first kappa shape index (κ1) is 9.19. The minimum atomic E-state index is -0.00347. The highest BCUT2D eigenvalue weighted by molar-refractivity contribution is 9.10. The second-order valence-corrected chi connectivity index (χ2v) is 4.76. The number of halogens is 2. The molecule has 66 valence electrons. The average molecular weight is 276 g/mol. The van der Waals surface area contributed by atoms with E-state index >= 15 is 0 Å². The van der Waals surface area contributed by atoms with E-state index in [9.17, 15) is 4.79 Å². The molecule has 0 radical (unpaired) electrons. The van der Waals surface area contributed by atoms with Crippen LogP contribution in [0.4, 0.5) is 0 Å². The van der Waals surface area contributed by atoms with Crippen molar-refractivity contribution in [1.29, 1.82) is 0 Å². The lowest BCUT2D eigenvalue weighted by atomic mass is 10.2. The molecule has 0 bridgehead atoms. The molecule has 4 heteroatoms. The van der Waals surface area contributed by atoms with E-state index < -0.39 is 0 Å². The predicted molar refractivity (Wildman–Crippen MR) is 60.8 cm³/mol. The molecule has 1 aromatic carbocycles. The Bertz CT molecular complexity index is 515. The van der Waals surface area contributed by atoms with Gasteiger partial charge in [-0.1, -0.05) is 11.6 Å². The van der Waals surface area contributed by atoms with Gasteiger partial charge in [0.2, 0.25) is 5.43 Å². The van der Waals surface area contributed by atoms with Crippen molar-refractivity contribution in [1.82, 2.24) is 0 Å². The molecule has 0 saturated carbocycles. The highest BCUT2D eigenvalue weighted by Crippen LogP contribution is 2.22. The van der Waals surface area contributed by atoms with Crippen molar-refractivity contribution < 1.29 is 0 Å². The molecule has 0 aliphatic carbocycles. The summed E-state index contributed by atoms with van der Waals surface area (Å²) in [5, 5.41) is 3.06. The van der Waals surface area contributed by atoms with Gasteiger partial charge in [0, 0.05) is 20.5 Å². The molecular weight excluding hydrogens is 272 g/mol. The maximum Gasteiger partial charge on any atom is 0.202 e. The van der Waals surface area contributed by atoms with E-state index in [1.54, 1.807) is 17.5 Å². The van der Waals surface area contributed by atoms with Gasteiger partial charge in [-0.15, -0.1) is 11.3 Å². The third-order valence-electron chi connectivity index (χ3n) is 1.69. The zero-order chi connectivity index (χ0) is 9.42. The maximum absolute atomic E-state index is 11.6. The summed E-state index contributed by atoms with van der Waals surface area (Å²) in [5.41, 5.74) is -0.00347. The van der Waals surface area contributed by atoms with Crippen LogP contribution >= 0.6 is 38.9 Å². The Morgan fingerprint density at radius 3 is 2.92 bits per heavy atom. The van der Waals surface area contributed by atoms with Crippen LogP contribution in [0.3, 0.4) is 0 Å². The molecule has 0 aliphatic heterocycles. The fourth-order valence-electron chi connectivity index (χ4n) is 1.08. The van der Waals surface area contributed by atoms with E-state index in [1.807, 2.05) is 6.07 Å². The molecule has 1 aromatic heterocycles. The average Bonchev–Trinajstić information content (AvgIpc) is 2.12. The molecule has 0 amide bonds. The molecule has 0 unspecified atom stereocenters. The van der Waals surface area contributed by atoms with Gasteiger partial charge in [0.25, 0.3) is 0 Å². The molecule has 0 saturated heterocycles. The minimum absolute atomic E-state index is 0.00347. The molecule has 0 aliphatic rings. The lowest BCUT2D eigenvalue weighted by Crippen LogP contribution is -1.99. The van der Waals surface area contributed by atoms with E-state index in [2.05, 4.69) is 15.9 Å². The van der Waals surface area contributed by atoms with Crippen molar-refractivity contribution >= 4 is 49.0 Å². The Balaban J connectivity index is 2.97. The van der Waals surface area contributed by atoms with Crippen LogP contribution in [0.15, 0.2) is 32.8 Å². The predicted octanol–water partition coefficient (Wildman–Crippen LogP) is 3.68. The van der Waals surface area contributed by atoms with Crippen molar-refractivity contribution in [2.24, 2.45) is 0 Å². The topological polar surface area (TPSA) is 17.1 Å². The van der Waals surface area contributed by atoms with Crippen LogP contribution in [0.1, 0.15) is 0 Å². The van der Waals surface area contributed by atoms with Gasteiger partial charge in [0.05, 0.1) is 4.47 Å². The van der Waals surface area contributed by atoms with E-state index in [4.69, 9.17) is 11.6 Å². The van der Waals surface area contributed by atoms with Crippen molar-refractivity contribution in [3.05, 3.63) is 43.3 Å². The first-order valence-corrected chi connectivity index (χ1v) is 5.60. The van der Waals surface area contributed by atoms with Crippen LogP contribution in [0, 0.1) is 0 Å². The second kappa shape index (κ2) is 3.40. The maximum atomic E-state index is 11.6. The van der Waals surface area contributed by atoms with Crippen molar-refractivity contribution in [2.75, 3.05) is 0 Å². The first-order chi connectivity index (χ1) is 6.18. The molecule has 0 spiro atoms. The lowest BCUT2D eigenvalue weighted by molar-refractivity contribution is 1.66. The summed E-state index contributed by atoms with van der Waals surface area (Å²) in [6.45, 7) is 0. The summed E-state index contributed by atoms with van der Waals surface area (Å²) in [7, 11) is 0. The van der Waals surface area contributed by atoms with Crippen LogP contribution in [0.5, 0.6) is 0 Å². The Labute approximate surface area is 92.1 Å². The Hall–Kier alpha value is -0.380. The molecule has 1 heterocycles. The van der Waals surface area contributed by atoms with E-state index in [1.165, 1.54) is 11.3 Å². The Morgan fingerprint density at radius 2 is 2.15 bits per heavy atom. The van der Waals surface area contributed by atoms with Gasteiger partial charge in [-0.2, -0.15) is 0 Å². The van der Waals surface area contributed by atoms with Gasteiger partial charge in [-0.25, -0.2) is 0 Å². The fourth-order valence-corrected chi connectivity index (χ4v) is 2.51. The van der Waals surface area contributed by atoms with Gasteiger partial charge >= 0.3 is 0 Å². The Morgan fingerprint density at radius 1 is 1.38 bits per heavy atom. The first-order valence-electron chi connectivity index (χ1n) is 3.55. The molecular formula is C9H4BrClOS. The second-order valence-electron chi connectivity index (χ2n) is 2.55. The van der Waals surface area contributed by atoms with Gasteiger partial charge in [-0.3, -0.25) is 4.79 Å². The van der Waals surface area contributed by atoms with Gasteiger partial charge in [0.15, 0.2) is 0 Å². The third kappa shape index (κ3) is 1.64. The normalized spacial score (nSPS) is 10.6. The fraction of sp³-hybridized carbons (Fsp3) is 0. The molecule has 0 N–H and O–H groups in total. The van der Waals surface area contributed by atoms with Crippen LogP contribution < -0.4 is 5.43 Å². The molecule has 2 aromatic rings. The quantitative estimate of drug-likeness (QED) is 0.717.